The smallest absolute Gasteiger partial charge is 0.220 e. The number of unbranched alkanes of at least 4 members (excludes halogenated alkanes) is 56. The molecule has 9 N–H and O–H groups in total. The van der Waals surface area contributed by atoms with E-state index >= 15 is 0 Å². The first kappa shape index (κ1) is 87.1. The monoisotopic (exact) mass is 1310 g/mol. The zero-order chi connectivity index (χ0) is 66.6. The summed E-state index contributed by atoms with van der Waals surface area (Å²) in [5.74, 6) is -0.195. The van der Waals surface area contributed by atoms with Gasteiger partial charge in [0.05, 0.1) is 32.0 Å². The minimum atomic E-state index is -1.78. The summed E-state index contributed by atoms with van der Waals surface area (Å²) in [5.41, 5.74) is 0. The van der Waals surface area contributed by atoms with E-state index in [0.29, 0.717) is 12.8 Å². The third kappa shape index (κ3) is 46.3. The third-order valence-electron chi connectivity index (χ3n) is 20.3. The molecule has 0 aromatic carbocycles. The molecule has 0 radical (unpaired) electrons. The van der Waals surface area contributed by atoms with Crippen LogP contribution in [-0.2, 0) is 23.7 Å². The van der Waals surface area contributed by atoms with E-state index in [1.807, 2.05) is 0 Å². The van der Waals surface area contributed by atoms with Crippen LogP contribution in [0.2, 0.25) is 0 Å². The molecule has 14 nitrogen and oxygen atoms in total. The van der Waals surface area contributed by atoms with Crippen molar-refractivity contribution in [3.8, 4) is 0 Å². The van der Waals surface area contributed by atoms with Gasteiger partial charge < -0.3 is 65.1 Å². The Morgan fingerprint density at radius 1 is 0.348 bits per heavy atom. The summed E-state index contributed by atoms with van der Waals surface area (Å²) < 4.78 is 23.0. The van der Waals surface area contributed by atoms with E-state index < -0.39 is 86.8 Å². The van der Waals surface area contributed by atoms with Gasteiger partial charge in [-0.1, -0.05) is 380 Å². The Bertz CT molecular complexity index is 1550. The fraction of sp³-hybridized carbons (Fsp3) is 0.987. The number of ether oxygens (including phenoxy) is 4. The standard InChI is InChI=1S/C78H153NO13/c1-3-5-7-9-11-13-15-17-19-21-23-25-26-27-28-29-30-31-32-33-34-35-36-37-38-39-40-42-44-46-48-50-52-54-56-58-60-62-70(83)79-66(67(82)61-59-57-55-53-51-49-47-45-43-41-24-22-20-18-16-14-12-10-8-6-4-2)65-89-77-75(88)73(86)76(69(64-81)91-77)92-78-74(87)72(85)71(84)68(63-80)90-78/h66-69,71-78,80-82,84-88H,3-65H2,1-2H3,(H,79,83). The highest BCUT2D eigenvalue weighted by atomic mass is 16.7. The van der Waals surface area contributed by atoms with Crippen LogP contribution >= 0.6 is 0 Å². The quantitative estimate of drug-likeness (QED) is 0.0259. The van der Waals surface area contributed by atoms with Crippen molar-refractivity contribution < 1.29 is 64.6 Å². The molecule has 2 fully saturated rings. The number of carbonyl (C=O) groups excluding carboxylic acids is 1. The molecule has 12 unspecified atom stereocenters. The van der Waals surface area contributed by atoms with Crippen molar-refractivity contribution in [3.63, 3.8) is 0 Å². The summed E-state index contributed by atoms with van der Waals surface area (Å²) >= 11 is 0. The number of nitrogens with one attached hydrogen (secondary N) is 1. The summed E-state index contributed by atoms with van der Waals surface area (Å²) in [6, 6.07) is -0.825. The second-order valence-electron chi connectivity index (χ2n) is 28.9. The lowest BCUT2D eigenvalue weighted by atomic mass is 9.97. The summed E-state index contributed by atoms with van der Waals surface area (Å²) in [6.45, 7) is 2.94. The van der Waals surface area contributed by atoms with Crippen molar-refractivity contribution in [2.45, 2.75) is 473 Å². The largest absolute Gasteiger partial charge is 0.394 e. The molecule has 0 bridgehead atoms. The van der Waals surface area contributed by atoms with Crippen molar-refractivity contribution in [2.75, 3.05) is 19.8 Å². The van der Waals surface area contributed by atoms with Gasteiger partial charge in [0.1, 0.15) is 48.8 Å². The number of aliphatic hydroxyl groups excluding tert-OH is 8. The molecule has 14 heteroatoms. The lowest BCUT2D eigenvalue weighted by molar-refractivity contribution is -0.359. The van der Waals surface area contributed by atoms with E-state index in [9.17, 15) is 45.6 Å². The minimum Gasteiger partial charge on any atom is -0.394 e. The van der Waals surface area contributed by atoms with Crippen LogP contribution < -0.4 is 5.32 Å². The molecular formula is C78H153NO13. The molecule has 2 heterocycles. The van der Waals surface area contributed by atoms with Crippen LogP contribution in [0.25, 0.3) is 0 Å². The topological polar surface area (TPSA) is 228 Å². The average Bonchev–Trinajstić information content (AvgIpc) is 0.915. The Hall–Kier alpha value is -1.01. The minimum absolute atomic E-state index is 0.195. The number of amides is 1. The Morgan fingerprint density at radius 3 is 0.924 bits per heavy atom. The second kappa shape index (κ2) is 63.4. The van der Waals surface area contributed by atoms with Crippen molar-refractivity contribution in [3.05, 3.63) is 0 Å². The molecule has 1 amide bonds. The Balaban J connectivity index is 1.56. The SMILES string of the molecule is CCCCCCCCCCCCCCCCCCCCCCCCCCCCCCCCCCCCCCCC(=O)NC(COC1OC(CO)C(OC2OC(CO)C(O)C(O)C2O)C(O)C1O)C(O)CCCCCCCCCCCCCCCCCCCCCCC. The van der Waals surface area contributed by atoms with Crippen molar-refractivity contribution >= 4 is 5.91 Å². The highest BCUT2D eigenvalue weighted by molar-refractivity contribution is 5.76. The summed E-state index contributed by atoms with van der Waals surface area (Å²) in [7, 11) is 0. The Morgan fingerprint density at radius 2 is 0.620 bits per heavy atom. The third-order valence-corrected chi connectivity index (χ3v) is 20.3. The predicted molar refractivity (Wildman–Crippen MR) is 379 cm³/mol. The summed E-state index contributed by atoms with van der Waals surface area (Å²) in [6.07, 6.45) is 61.6. The zero-order valence-electron chi connectivity index (χ0n) is 60.1. The summed E-state index contributed by atoms with van der Waals surface area (Å²) in [4.78, 5) is 13.4. The maximum Gasteiger partial charge on any atom is 0.220 e. The highest BCUT2D eigenvalue weighted by Crippen LogP contribution is 2.31. The number of rotatable bonds is 69. The van der Waals surface area contributed by atoms with Gasteiger partial charge in [0.2, 0.25) is 5.91 Å². The van der Waals surface area contributed by atoms with Gasteiger partial charge in [0.25, 0.3) is 0 Å². The molecule has 548 valence electrons. The molecule has 0 aliphatic carbocycles. The van der Waals surface area contributed by atoms with Crippen LogP contribution in [-0.4, -0.2) is 140 Å². The molecule has 92 heavy (non-hydrogen) atoms. The van der Waals surface area contributed by atoms with Crippen LogP contribution in [0, 0.1) is 0 Å². The fourth-order valence-corrected chi connectivity index (χ4v) is 14.0. The Kier molecular flexibility index (Phi) is 60.0. The van der Waals surface area contributed by atoms with E-state index in [0.717, 1.165) is 51.4 Å². The van der Waals surface area contributed by atoms with Crippen LogP contribution in [0.1, 0.15) is 399 Å². The van der Waals surface area contributed by atoms with Gasteiger partial charge in [0, 0.05) is 6.42 Å². The molecule has 2 aliphatic heterocycles. The lowest BCUT2D eigenvalue weighted by Crippen LogP contribution is -2.65. The van der Waals surface area contributed by atoms with Gasteiger partial charge in [-0.15, -0.1) is 0 Å². The number of aliphatic hydroxyl groups is 8. The van der Waals surface area contributed by atoms with Gasteiger partial charge in [0.15, 0.2) is 12.6 Å². The Labute approximate surface area is 565 Å². The van der Waals surface area contributed by atoms with E-state index in [4.69, 9.17) is 18.9 Å². The van der Waals surface area contributed by atoms with E-state index in [-0.39, 0.29) is 12.5 Å². The second-order valence-corrected chi connectivity index (χ2v) is 28.9. The van der Waals surface area contributed by atoms with Gasteiger partial charge in [-0.2, -0.15) is 0 Å². The normalized spacial score (nSPS) is 22.5. The van der Waals surface area contributed by atoms with Crippen LogP contribution in [0.4, 0.5) is 0 Å². The zero-order valence-corrected chi connectivity index (χ0v) is 60.1. The van der Waals surface area contributed by atoms with Crippen LogP contribution in [0.15, 0.2) is 0 Å². The number of hydrogen-bond donors (Lipinski definition) is 9. The molecule has 0 aromatic heterocycles. The molecule has 2 saturated heterocycles. The highest BCUT2D eigenvalue weighted by Gasteiger charge is 2.51. The fourth-order valence-electron chi connectivity index (χ4n) is 14.0. The predicted octanol–water partition coefficient (Wildman–Crippen LogP) is 17.9. The maximum absolute atomic E-state index is 13.4. The van der Waals surface area contributed by atoms with Crippen molar-refractivity contribution in [1.29, 1.82) is 0 Å². The van der Waals surface area contributed by atoms with Gasteiger partial charge in [-0.05, 0) is 12.8 Å². The molecule has 2 aliphatic rings. The molecule has 12 atom stereocenters. The molecule has 0 aromatic rings. The average molecular weight is 1310 g/mol. The van der Waals surface area contributed by atoms with E-state index in [2.05, 4.69) is 19.2 Å². The van der Waals surface area contributed by atoms with E-state index in [1.165, 1.54) is 321 Å². The maximum atomic E-state index is 13.4. The van der Waals surface area contributed by atoms with Crippen molar-refractivity contribution in [2.24, 2.45) is 0 Å². The van der Waals surface area contributed by atoms with Gasteiger partial charge in [-0.25, -0.2) is 0 Å². The lowest BCUT2D eigenvalue weighted by Gasteiger charge is -2.46. The number of hydrogen-bond acceptors (Lipinski definition) is 13. The first-order chi connectivity index (χ1) is 45.1. The van der Waals surface area contributed by atoms with Crippen LogP contribution in [0.5, 0.6) is 0 Å². The molecule has 0 spiro atoms. The molecule has 2 rings (SSSR count). The first-order valence-corrected chi connectivity index (χ1v) is 40.3. The number of carbonyl (C=O) groups is 1. The summed E-state index contributed by atoms with van der Waals surface area (Å²) in [5, 5.41) is 87.8. The molecular weight excluding hydrogens is 1160 g/mol. The van der Waals surface area contributed by atoms with Crippen LogP contribution in [0.3, 0.4) is 0 Å². The van der Waals surface area contributed by atoms with E-state index in [1.54, 1.807) is 0 Å². The van der Waals surface area contributed by atoms with Gasteiger partial charge >= 0.3 is 0 Å². The molecule has 0 saturated carbocycles. The van der Waals surface area contributed by atoms with Gasteiger partial charge in [-0.3, -0.25) is 4.79 Å². The first-order valence-electron chi connectivity index (χ1n) is 40.3. The van der Waals surface area contributed by atoms with Crippen molar-refractivity contribution in [1.82, 2.24) is 5.32 Å².